The minimum absolute atomic E-state index is 0.158. The van der Waals surface area contributed by atoms with Gasteiger partial charge in [0.25, 0.3) is 5.91 Å². The summed E-state index contributed by atoms with van der Waals surface area (Å²) < 4.78 is 21.1. The van der Waals surface area contributed by atoms with Crippen LogP contribution in [0.2, 0.25) is 0 Å². The minimum Gasteiger partial charge on any atom is -0.486 e. The summed E-state index contributed by atoms with van der Waals surface area (Å²) in [4.78, 5) is 27.8. The molecule has 0 atom stereocenters. The molecule has 0 fully saturated rings. The number of aromatic nitrogens is 1. The molecular formula is C20H24N2O6. The number of nitrogens with one attached hydrogen (secondary N) is 2. The number of aryl methyl sites for hydroxylation is 1. The van der Waals surface area contributed by atoms with E-state index in [9.17, 15) is 9.59 Å². The molecule has 0 aliphatic carbocycles. The molecule has 1 aliphatic rings. The highest BCUT2D eigenvalue weighted by Gasteiger charge is 2.23. The number of aromatic amines is 1. The van der Waals surface area contributed by atoms with Gasteiger partial charge in [0, 0.05) is 19.3 Å². The van der Waals surface area contributed by atoms with Crippen LogP contribution >= 0.6 is 0 Å². The summed E-state index contributed by atoms with van der Waals surface area (Å²) in [7, 11) is 1.53. The van der Waals surface area contributed by atoms with E-state index in [-0.39, 0.29) is 12.5 Å². The zero-order valence-electron chi connectivity index (χ0n) is 16.2. The Morgan fingerprint density at radius 2 is 1.89 bits per heavy atom. The van der Waals surface area contributed by atoms with Gasteiger partial charge in [-0.1, -0.05) is 6.07 Å². The van der Waals surface area contributed by atoms with Crippen molar-refractivity contribution in [3.8, 4) is 11.5 Å². The Bertz CT molecular complexity index is 874. The van der Waals surface area contributed by atoms with Crippen LogP contribution in [0.1, 0.15) is 37.7 Å². The highest BCUT2D eigenvalue weighted by molar-refractivity contribution is 6.00. The fraction of sp³-hybridized carbons (Fsp3) is 0.400. The predicted molar refractivity (Wildman–Crippen MR) is 101 cm³/mol. The van der Waals surface area contributed by atoms with Crippen LogP contribution in [0.15, 0.2) is 18.2 Å². The summed E-state index contributed by atoms with van der Waals surface area (Å²) >= 11 is 0. The van der Waals surface area contributed by atoms with Gasteiger partial charge in [-0.05, 0) is 37.1 Å². The highest BCUT2D eigenvalue weighted by Crippen LogP contribution is 2.30. The second kappa shape index (κ2) is 8.79. The van der Waals surface area contributed by atoms with Gasteiger partial charge in [0.1, 0.15) is 25.5 Å². The van der Waals surface area contributed by atoms with Crippen molar-refractivity contribution in [2.45, 2.75) is 20.4 Å². The van der Waals surface area contributed by atoms with E-state index in [4.69, 9.17) is 18.9 Å². The molecule has 2 heterocycles. The minimum atomic E-state index is -0.478. The third-order valence-corrected chi connectivity index (χ3v) is 4.45. The van der Waals surface area contributed by atoms with Crippen LogP contribution in [0.3, 0.4) is 0 Å². The van der Waals surface area contributed by atoms with Crippen LogP contribution in [-0.2, 0) is 16.0 Å². The maximum Gasteiger partial charge on any atom is 0.340 e. The smallest absolute Gasteiger partial charge is 0.340 e. The van der Waals surface area contributed by atoms with Gasteiger partial charge in [-0.3, -0.25) is 4.79 Å². The maximum absolute atomic E-state index is 12.6. The van der Waals surface area contributed by atoms with Crippen LogP contribution in [0.4, 0.5) is 0 Å². The first-order chi connectivity index (χ1) is 13.5. The van der Waals surface area contributed by atoms with Crippen LogP contribution in [0.25, 0.3) is 0 Å². The van der Waals surface area contributed by atoms with Crippen molar-refractivity contribution >= 4 is 11.9 Å². The average molecular weight is 388 g/mol. The van der Waals surface area contributed by atoms with E-state index in [1.165, 1.54) is 7.11 Å². The molecule has 28 heavy (non-hydrogen) atoms. The topological polar surface area (TPSA) is 98.9 Å². The monoisotopic (exact) mass is 388 g/mol. The zero-order chi connectivity index (χ0) is 20.1. The van der Waals surface area contributed by atoms with Crippen molar-refractivity contribution in [1.29, 1.82) is 0 Å². The van der Waals surface area contributed by atoms with Crippen molar-refractivity contribution < 1.29 is 28.5 Å². The van der Waals surface area contributed by atoms with E-state index in [0.717, 1.165) is 5.56 Å². The number of hydrogen-bond acceptors (Lipinski definition) is 6. The molecule has 1 aliphatic heterocycles. The lowest BCUT2D eigenvalue weighted by atomic mass is 10.1. The molecule has 0 saturated heterocycles. The number of carbonyl (C=O) groups is 2. The molecule has 8 nitrogen and oxygen atoms in total. The lowest BCUT2D eigenvalue weighted by Gasteiger charge is -2.19. The van der Waals surface area contributed by atoms with Crippen molar-refractivity contribution in [1.82, 2.24) is 10.3 Å². The molecule has 1 amide bonds. The average Bonchev–Trinajstić information content (AvgIpc) is 3.00. The van der Waals surface area contributed by atoms with Gasteiger partial charge in [-0.2, -0.15) is 0 Å². The molecule has 0 spiro atoms. The van der Waals surface area contributed by atoms with Gasteiger partial charge in [0.05, 0.1) is 12.2 Å². The lowest BCUT2D eigenvalue weighted by molar-refractivity contribution is 0.0387. The first-order valence-electron chi connectivity index (χ1n) is 9.03. The Morgan fingerprint density at radius 1 is 1.14 bits per heavy atom. The van der Waals surface area contributed by atoms with E-state index in [2.05, 4.69) is 10.3 Å². The number of methoxy groups -OCH3 is 1. The standard InChI is InChI=1S/C20H24N2O6/c1-12-17(20(24)28-7-6-25-3)13(2)22-18(12)19(23)21-11-14-4-5-15-16(10-14)27-9-8-26-15/h4-5,10,22H,6-9,11H2,1-3H3,(H,21,23). The fourth-order valence-electron chi connectivity index (χ4n) is 3.04. The van der Waals surface area contributed by atoms with Gasteiger partial charge < -0.3 is 29.2 Å². The number of rotatable bonds is 7. The molecule has 2 aromatic rings. The van der Waals surface area contributed by atoms with Gasteiger partial charge >= 0.3 is 5.97 Å². The Balaban J connectivity index is 1.66. The Labute approximate surface area is 163 Å². The second-order valence-electron chi connectivity index (χ2n) is 6.41. The largest absolute Gasteiger partial charge is 0.486 e. The van der Waals surface area contributed by atoms with Crippen molar-refractivity contribution in [2.75, 3.05) is 33.5 Å². The van der Waals surface area contributed by atoms with E-state index in [1.54, 1.807) is 13.8 Å². The fourth-order valence-corrected chi connectivity index (χ4v) is 3.04. The quantitative estimate of drug-likeness (QED) is 0.557. The van der Waals surface area contributed by atoms with Crippen LogP contribution in [0, 0.1) is 13.8 Å². The molecule has 150 valence electrons. The zero-order valence-corrected chi connectivity index (χ0v) is 16.2. The number of amides is 1. The van der Waals surface area contributed by atoms with E-state index in [0.29, 0.717) is 60.4 Å². The number of carbonyl (C=O) groups excluding carboxylic acids is 2. The summed E-state index contributed by atoms with van der Waals surface area (Å²) in [6, 6.07) is 5.55. The predicted octanol–water partition coefficient (Wildman–Crippen LogP) is 2.14. The Hall–Kier alpha value is -3.00. The Morgan fingerprint density at radius 3 is 2.64 bits per heavy atom. The second-order valence-corrected chi connectivity index (χ2v) is 6.41. The van der Waals surface area contributed by atoms with E-state index in [1.807, 2.05) is 18.2 Å². The van der Waals surface area contributed by atoms with E-state index < -0.39 is 5.97 Å². The molecule has 0 unspecified atom stereocenters. The van der Waals surface area contributed by atoms with Crippen molar-refractivity contribution in [3.05, 3.63) is 46.3 Å². The van der Waals surface area contributed by atoms with Gasteiger partial charge in [0.15, 0.2) is 11.5 Å². The normalized spacial score (nSPS) is 12.5. The van der Waals surface area contributed by atoms with E-state index >= 15 is 0 Å². The molecule has 0 saturated carbocycles. The first-order valence-corrected chi connectivity index (χ1v) is 9.03. The number of ether oxygens (including phenoxy) is 4. The summed E-state index contributed by atoms with van der Waals surface area (Å²) in [5.74, 6) is 0.598. The molecule has 0 bridgehead atoms. The third kappa shape index (κ3) is 4.28. The lowest BCUT2D eigenvalue weighted by Crippen LogP contribution is -2.24. The summed E-state index contributed by atoms with van der Waals surface area (Å²) in [6.45, 7) is 5.29. The first kappa shape index (κ1) is 19.8. The van der Waals surface area contributed by atoms with Crippen LogP contribution in [0.5, 0.6) is 11.5 Å². The van der Waals surface area contributed by atoms with Crippen LogP contribution in [-0.4, -0.2) is 50.4 Å². The van der Waals surface area contributed by atoms with Crippen molar-refractivity contribution in [2.24, 2.45) is 0 Å². The molecule has 3 rings (SSSR count). The third-order valence-electron chi connectivity index (χ3n) is 4.45. The molecule has 2 N–H and O–H groups in total. The van der Waals surface area contributed by atoms with Gasteiger partial charge in [-0.25, -0.2) is 4.79 Å². The molecule has 0 radical (unpaired) electrons. The number of esters is 1. The number of H-pyrrole nitrogens is 1. The summed E-state index contributed by atoms with van der Waals surface area (Å²) in [5.41, 5.74) is 2.75. The van der Waals surface area contributed by atoms with Crippen LogP contribution < -0.4 is 14.8 Å². The maximum atomic E-state index is 12.6. The molecule has 1 aromatic heterocycles. The summed E-state index contributed by atoms with van der Waals surface area (Å²) in [6.07, 6.45) is 0. The highest BCUT2D eigenvalue weighted by atomic mass is 16.6. The molecule has 1 aromatic carbocycles. The van der Waals surface area contributed by atoms with Gasteiger partial charge in [-0.15, -0.1) is 0 Å². The SMILES string of the molecule is COCCOC(=O)c1c(C)[nH]c(C(=O)NCc2ccc3c(c2)OCCO3)c1C. The van der Waals surface area contributed by atoms with Crippen molar-refractivity contribution in [3.63, 3.8) is 0 Å². The molecular weight excluding hydrogens is 364 g/mol. The number of fused-ring (bicyclic) bond motifs is 1. The Kier molecular flexibility index (Phi) is 6.20. The number of benzene rings is 1. The summed E-state index contributed by atoms with van der Waals surface area (Å²) in [5, 5.41) is 2.86. The molecule has 8 heteroatoms. The van der Waals surface area contributed by atoms with Gasteiger partial charge in [0.2, 0.25) is 0 Å². The number of hydrogen-bond donors (Lipinski definition) is 2.